The largest absolute Gasteiger partial charge is 0.489 e. The highest BCUT2D eigenvalue weighted by Crippen LogP contribution is 2.43. The van der Waals surface area contributed by atoms with Gasteiger partial charge in [0.05, 0.1) is 5.39 Å². The number of rotatable bonds is 7. The molecule has 2 N–H and O–H groups in total. The fourth-order valence-electron chi connectivity index (χ4n) is 5.11. The molecule has 2 aliphatic rings. The number of hydrogen-bond acceptors (Lipinski definition) is 5. The summed E-state index contributed by atoms with van der Waals surface area (Å²) in [5.41, 5.74) is 10.6. The van der Waals surface area contributed by atoms with E-state index in [1.807, 2.05) is 30.3 Å². The predicted molar refractivity (Wildman–Crippen MR) is 131 cm³/mol. The van der Waals surface area contributed by atoms with Gasteiger partial charge in [0.2, 0.25) is 0 Å². The summed E-state index contributed by atoms with van der Waals surface area (Å²) in [7, 11) is 0. The van der Waals surface area contributed by atoms with Gasteiger partial charge < -0.3 is 19.9 Å². The van der Waals surface area contributed by atoms with Gasteiger partial charge in [0.25, 0.3) is 0 Å². The third kappa shape index (κ3) is 3.95. The van der Waals surface area contributed by atoms with Crippen molar-refractivity contribution in [1.29, 1.82) is 0 Å². The van der Waals surface area contributed by atoms with E-state index < -0.39 is 0 Å². The molecule has 33 heavy (non-hydrogen) atoms. The van der Waals surface area contributed by atoms with Crippen LogP contribution in [0.25, 0.3) is 22.2 Å². The highest BCUT2D eigenvalue weighted by Gasteiger charge is 2.34. The SMILES string of the molecule is Nc1ncnc2c1c(-c1cccc(OCc3ccccc3)c1)cn2[C@H]1C[C@H](CN2CCC2)C1. The summed E-state index contributed by atoms with van der Waals surface area (Å²) in [6.07, 6.45) is 7.55. The Morgan fingerprint density at radius 3 is 2.64 bits per heavy atom. The molecule has 1 aliphatic heterocycles. The van der Waals surface area contributed by atoms with Crippen LogP contribution in [-0.4, -0.2) is 39.1 Å². The Hall–Kier alpha value is -3.38. The van der Waals surface area contributed by atoms with E-state index in [0.29, 0.717) is 18.5 Å². The van der Waals surface area contributed by atoms with Crippen molar-refractivity contribution in [2.75, 3.05) is 25.4 Å². The fourth-order valence-corrected chi connectivity index (χ4v) is 5.11. The maximum Gasteiger partial charge on any atom is 0.146 e. The van der Waals surface area contributed by atoms with Gasteiger partial charge in [0, 0.05) is 24.3 Å². The lowest BCUT2D eigenvalue weighted by Crippen LogP contribution is -2.43. The average molecular weight is 440 g/mol. The molecule has 0 unspecified atom stereocenters. The first-order valence-corrected chi connectivity index (χ1v) is 11.8. The third-order valence-electron chi connectivity index (χ3n) is 7.10. The lowest BCUT2D eigenvalue weighted by Gasteiger charge is -2.42. The first-order chi connectivity index (χ1) is 16.2. The predicted octanol–water partition coefficient (Wildman–Crippen LogP) is 4.92. The van der Waals surface area contributed by atoms with Crippen LogP contribution in [0, 0.1) is 5.92 Å². The highest BCUT2D eigenvalue weighted by atomic mass is 16.5. The van der Waals surface area contributed by atoms with E-state index in [-0.39, 0.29) is 0 Å². The maximum atomic E-state index is 6.36. The summed E-state index contributed by atoms with van der Waals surface area (Å²) in [6, 6.07) is 18.9. The minimum Gasteiger partial charge on any atom is -0.489 e. The second kappa shape index (κ2) is 8.52. The monoisotopic (exact) mass is 439 g/mol. The number of nitrogens with two attached hydrogens (primary N) is 1. The molecule has 2 fully saturated rings. The van der Waals surface area contributed by atoms with Crippen LogP contribution in [0.4, 0.5) is 5.82 Å². The molecule has 0 amide bonds. The third-order valence-corrected chi connectivity index (χ3v) is 7.10. The maximum absolute atomic E-state index is 6.36. The van der Waals surface area contributed by atoms with Crippen LogP contribution in [0.15, 0.2) is 67.1 Å². The van der Waals surface area contributed by atoms with Crippen LogP contribution < -0.4 is 10.5 Å². The zero-order valence-corrected chi connectivity index (χ0v) is 18.7. The summed E-state index contributed by atoms with van der Waals surface area (Å²) < 4.78 is 8.40. The molecule has 168 valence electrons. The molecule has 2 aromatic carbocycles. The summed E-state index contributed by atoms with van der Waals surface area (Å²) in [5.74, 6) is 2.15. The Kier molecular flexibility index (Phi) is 5.23. The summed E-state index contributed by atoms with van der Waals surface area (Å²) in [5, 5.41) is 0.934. The number of nitrogens with zero attached hydrogens (tertiary/aromatic N) is 4. The van der Waals surface area contributed by atoms with E-state index >= 15 is 0 Å². The standard InChI is InChI=1S/C27H29N5O/c28-26-25-24(21-8-4-9-23(14-21)33-17-19-6-2-1-3-7-19)16-32(27(25)30-18-29-26)22-12-20(13-22)15-31-10-5-11-31/h1-4,6-9,14,16,18,20,22H,5,10-13,15,17H2,(H2,28,29,30)/t20-,22-. The Bertz CT molecular complexity index is 1260. The number of nitrogen functional groups attached to an aromatic ring is 1. The number of anilines is 1. The van der Waals surface area contributed by atoms with Gasteiger partial charge in [0.15, 0.2) is 0 Å². The lowest BCUT2D eigenvalue weighted by molar-refractivity contribution is 0.0921. The quantitative estimate of drug-likeness (QED) is 0.443. The topological polar surface area (TPSA) is 69.2 Å². The van der Waals surface area contributed by atoms with Gasteiger partial charge in [-0.05, 0) is 61.5 Å². The van der Waals surface area contributed by atoms with Crippen molar-refractivity contribution in [2.24, 2.45) is 5.92 Å². The van der Waals surface area contributed by atoms with Crippen LogP contribution in [-0.2, 0) is 6.61 Å². The molecule has 3 heterocycles. The van der Waals surface area contributed by atoms with Crippen LogP contribution in [0.1, 0.15) is 30.9 Å². The molecule has 0 atom stereocenters. The molecule has 2 aromatic heterocycles. The van der Waals surface area contributed by atoms with E-state index in [0.717, 1.165) is 39.4 Å². The lowest BCUT2D eigenvalue weighted by atomic mass is 9.79. The van der Waals surface area contributed by atoms with Crippen molar-refractivity contribution in [3.63, 3.8) is 0 Å². The summed E-state index contributed by atoms with van der Waals surface area (Å²) in [4.78, 5) is 11.5. The average Bonchev–Trinajstić information content (AvgIpc) is 3.17. The van der Waals surface area contributed by atoms with Gasteiger partial charge in [-0.1, -0.05) is 42.5 Å². The molecule has 0 spiro atoms. The second-order valence-electron chi connectivity index (χ2n) is 9.36. The molecule has 6 nitrogen and oxygen atoms in total. The van der Waals surface area contributed by atoms with E-state index in [4.69, 9.17) is 10.5 Å². The number of hydrogen-bond donors (Lipinski definition) is 1. The van der Waals surface area contributed by atoms with Gasteiger partial charge in [-0.2, -0.15) is 0 Å². The van der Waals surface area contributed by atoms with E-state index in [1.54, 1.807) is 6.33 Å². The Morgan fingerprint density at radius 2 is 1.85 bits per heavy atom. The van der Waals surface area contributed by atoms with E-state index in [2.05, 4.69) is 49.9 Å². The number of ether oxygens (including phenoxy) is 1. The number of likely N-dealkylation sites (tertiary alicyclic amines) is 1. The summed E-state index contributed by atoms with van der Waals surface area (Å²) >= 11 is 0. The minimum absolute atomic E-state index is 0.472. The van der Waals surface area contributed by atoms with Crippen LogP contribution in [0.3, 0.4) is 0 Å². The van der Waals surface area contributed by atoms with Crippen molar-refractivity contribution in [3.05, 3.63) is 72.7 Å². The van der Waals surface area contributed by atoms with Crippen molar-refractivity contribution >= 4 is 16.9 Å². The highest BCUT2D eigenvalue weighted by molar-refractivity contribution is 6.00. The van der Waals surface area contributed by atoms with Crippen LogP contribution >= 0.6 is 0 Å². The van der Waals surface area contributed by atoms with Crippen molar-refractivity contribution in [1.82, 2.24) is 19.4 Å². The van der Waals surface area contributed by atoms with Gasteiger partial charge in [0.1, 0.15) is 30.1 Å². The summed E-state index contributed by atoms with van der Waals surface area (Å²) in [6.45, 7) is 4.31. The zero-order chi connectivity index (χ0) is 22.2. The molecule has 6 heteroatoms. The zero-order valence-electron chi connectivity index (χ0n) is 18.7. The molecule has 0 bridgehead atoms. The second-order valence-corrected chi connectivity index (χ2v) is 9.36. The van der Waals surface area contributed by atoms with Gasteiger partial charge in [-0.25, -0.2) is 9.97 Å². The van der Waals surface area contributed by atoms with E-state index in [1.165, 1.54) is 38.9 Å². The van der Waals surface area contributed by atoms with Crippen molar-refractivity contribution in [2.45, 2.75) is 31.9 Å². The Balaban J connectivity index is 1.27. The molecule has 0 radical (unpaired) electrons. The van der Waals surface area contributed by atoms with E-state index in [9.17, 15) is 0 Å². The Labute approximate surface area is 194 Å². The number of aromatic nitrogens is 3. The number of fused-ring (bicyclic) bond motifs is 1. The molecule has 1 saturated heterocycles. The molecule has 6 rings (SSSR count). The van der Waals surface area contributed by atoms with Gasteiger partial charge in [-0.15, -0.1) is 0 Å². The van der Waals surface area contributed by atoms with Crippen LogP contribution in [0.5, 0.6) is 5.75 Å². The minimum atomic E-state index is 0.472. The molecular formula is C27H29N5O. The number of benzene rings is 2. The normalized spacial score (nSPS) is 20.4. The molecule has 1 saturated carbocycles. The van der Waals surface area contributed by atoms with Crippen molar-refractivity contribution in [3.8, 4) is 16.9 Å². The fraction of sp³-hybridized carbons (Fsp3) is 0.333. The van der Waals surface area contributed by atoms with Crippen molar-refractivity contribution < 1.29 is 4.74 Å². The molecule has 1 aliphatic carbocycles. The first-order valence-electron chi connectivity index (χ1n) is 11.8. The molecular weight excluding hydrogens is 410 g/mol. The van der Waals surface area contributed by atoms with Gasteiger partial charge >= 0.3 is 0 Å². The first kappa shape index (κ1) is 20.2. The smallest absolute Gasteiger partial charge is 0.146 e. The van der Waals surface area contributed by atoms with Crippen LogP contribution in [0.2, 0.25) is 0 Å². The Morgan fingerprint density at radius 1 is 1.00 bits per heavy atom. The van der Waals surface area contributed by atoms with Gasteiger partial charge in [-0.3, -0.25) is 0 Å². The molecule has 4 aromatic rings.